The van der Waals surface area contributed by atoms with Crippen LogP contribution in [0.1, 0.15) is 13.8 Å². The fraction of sp³-hybridized carbons (Fsp3) is 0.385. The van der Waals surface area contributed by atoms with Crippen LogP contribution in [0.2, 0.25) is 0 Å². The molecule has 0 aliphatic heterocycles. The summed E-state index contributed by atoms with van der Waals surface area (Å²) in [6, 6.07) is 7.93. The first kappa shape index (κ1) is 12.6. The standard InChI is InChI=1S/C13H18N4O/c1-13(2,8-18)7-15-11-3-5-12(6-4-11)17-10-14-9-16-17/h3-6,9-10,15,18H,7-8H2,1-2H3. The van der Waals surface area contributed by atoms with Gasteiger partial charge in [0.2, 0.25) is 0 Å². The molecule has 0 fully saturated rings. The van der Waals surface area contributed by atoms with Crippen LogP contribution in [0.25, 0.3) is 5.69 Å². The Morgan fingerprint density at radius 3 is 2.56 bits per heavy atom. The molecule has 0 bridgehead atoms. The van der Waals surface area contributed by atoms with Gasteiger partial charge in [0.15, 0.2) is 0 Å². The molecule has 0 aliphatic rings. The number of nitrogens with one attached hydrogen (secondary N) is 1. The molecule has 2 aromatic rings. The average Bonchev–Trinajstić information content (AvgIpc) is 2.91. The Morgan fingerprint density at radius 2 is 2.00 bits per heavy atom. The highest BCUT2D eigenvalue weighted by atomic mass is 16.3. The van der Waals surface area contributed by atoms with E-state index in [2.05, 4.69) is 15.4 Å². The summed E-state index contributed by atoms with van der Waals surface area (Å²) in [5.41, 5.74) is 1.88. The van der Waals surface area contributed by atoms with Crippen molar-refractivity contribution in [1.82, 2.24) is 14.8 Å². The molecule has 5 nitrogen and oxygen atoms in total. The third-order valence-electron chi connectivity index (χ3n) is 2.75. The summed E-state index contributed by atoms with van der Waals surface area (Å²) in [4.78, 5) is 3.91. The van der Waals surface area contributed by atoms with Crippen molar-refractivity contribution >= 4 is 5.69 Å². The van der Waals surface area contributed by atoms with Crippen molar-refractivity contribution in [2.45, 2.75) is 13.8 Å². The molecule has 5 heteroatoms. The van der Waals surface area contributed by atoms with Gasteiger partial charge in [-0.1, -0.05) is 13.8 Å². The highest BCUT2D eigenvalue weighted by Gasteiger charge is 2.15. The van der Waals surface area contributed by atoms with Crippen LogP contribution in [-0.2, 0) is 0 Å². The average molecular weight is 246 g/mol. The maximum atomic E-state index is 9.18. The molecule has 0 atom stereocenters. The summed E-state index contributed by atoms with van der Waals surface area (Å²) in [5.74, 6) is 0. The fourth-order valence-electron chi connectivity index (χ4n) is 1.47. The molecular formula is C13H18N4O. The van der Waals surface area contributed by atoms with Crippen LogP contribution in [0.3, 0.4) is 0 Å². The van der Waals surface area contributed by atoms with E-state index in [0.717, 1.165) is 17.9 Å². The second-order valence-corrected chi connectivity index (χ2v) is 5.06. The van der Waals surface area contributed by atoms with Gasteiger partial charge in [-0.15, -0.1) is 0 Å². The van der Waals surface area contributed by atoms with Crippen LogP contribution in [0.5, 0.6) is 0 Å². The zero-order valence-electron chi connectivity index (χ0n) is 10.7. The maximum absolute atomic E-state index is 9.18. The van der Waals surface area contributed by atoms with Crippen molar-refractivity contribution in [3.63, 3.8) is 0 Å². The minimum atomic E-state index is -0.120. The fourth-order valence-corrected chi connectivity index (χ4v) is 1.47. The van der Waals surface area contributed by atoms with Crippen LogP contribution in [0.4, 0.5) is 5.69 Å². The molecule has 2 rings (SSSR count). The lowest BCUT2D eigenvalue weighted by atomic mass is 9.95. The number of anilines is 1. The predicted octanol–water partition coefficient (Wildman–Crippen LogP) is 1.70. The Kier molecular flexibility index (Phi) is 3.62. The second-order valence-electron chi connectivity index (χ2n) is 5.06. The third-order valence-corrected chi connectivity index (χ3v) is 2.75. The van der Waals surface area contributed by atoms with Crippen molar-refractivity contribution in [1.29, 1.82) is 0 Å². The van der Waals surface area contributed by atoms with Crippen LogP contribution < -0.4 is 5.32 Å². The SMILES string of the molecule is CC(C)(CO)CNc1ccc(-n2cncn2)cc1. The van der Waals surface area contributed by atoms with Crippen LogP contribution in [0, 0.1) is 5.41 Å². The van der Waals surface area contributed by atoms with Crippen molar-refractivity contribution in [3.8, 4) is 5.69 Å². The topological polar surface area (TPSA) is 63.0 Å². The van der Waals surface area contributed by atoms with Gasteiger partial charge in [-0.25, -0.2) is 9.67 Å². The summed E-state index contributed by atoms with van der Waals surface area (Å²) in [6.07, 6.45) is 3.17. The first-order valence-electron chi connectivity index (χ1n) is 5.90. The molecule has 1 aromatic carbocycles. The number of rotatable bonds is 5. The quantitative estimate of drug-likeness (QED) is 0.843. The van der Waals surface area contributed by atoms with Gasteiger partial charge in [0, 0.05) is 24.3 Å². The van der Waals surface area contributed by atoms with Gasteiger partial charge in [-0.3, -0.25) is 0 Å². The summed E-state index contributed by atoms with van der Waals surface area (Å²) in [5, 5.41) is 16.6. The Bertz CT molecular complexity index is 476. The normalized spacial score (nSPS) is 11.5. The molecule has 0 radical (unpaired) electrons. The smallest absolute Gasteiger partial charge is 0.138 e. The van der Waals surface area contributed by atoms with E-state index in [1.54, 1.807) is 11.0 Å². The molecule has 0 unspecified atom stereocenters. The van der Waals surface area contributed by atoms with Crippen molar-refractivity contribution < 1.29 is 5.11 Å². The zero-order chi connectivity index (χ0) is 13.0. The van der Waals surface area contributed by atoms with Crippen LogP contribution in [-0.4, -0.2) is 33.0 Å². The van der Waals surface area contributed by atoms with E-state index in [1.807, 2.05) is 38.1 Å². The van der Waals surface area contributed by atoms with Gasteiger partial charge in [0.25, 0.3) is 0 Å². The highest BCUT2D eigenvalue weighted by molar-refractivity contribution is 5.48. The lowest BCUT2D eigenvalue weighted by Gasteiger charge is -2.22. The van der Waals surface area contributed by atoms with Crippen molar-refractivity contribution in [2.24, 2.45) is 5.41 Å². The largest absolute Gasteiger partial charge is 0.396 e. The molecule has 0 aliphatic carbocycles. The molecule has 1 aromatic heterocycles. The number of aromatic nitrogens is 3. The molecule has 2 N–H and O–H groups in total. The molecule has 0 saturated heterocycles. The predicted molar refractivity (Wildman–Crippen MR) is 70.7 cm³/mol. The lowest BCUT2D eigenvalue weighted by Crippen LogP contribution is -2.26. The van der Waals surface area contributed by atoms with Gasteiger partial charge in [-0.05, 0) is 24.3 Å². The Hall–Kier alpha value is -1.88. The second kappa shape index (κ2) is 5.18. The van der Waals surface area contributed by atoms with Gasteiger partial charge in [0.05, 0.1) is 5.69 Å². The summed E-state index contributed by atoms with van der Waals surface area (Å²) in [7, 11) is 0. The Morgan fingerprint density at radius 1 is 1.28 bits per heavy atom. The number of benzene rings is 1. The number of aliphatic hydroxyl groups is 1. The van der Waals surface area contributed by atoms with E-state index in [9.17, 15) is 5.11 Å². The molecule has 0 spiro atoms. The van der Waals surface area contributed by atoms with E-state index in [4.69, 9.17) is 0 Å². The van der Waals surface area contributed by atoms with Crippen molar-refractivity contribution in [2.75, 3.05) is 18.5 Å². The van der Waals surface area contributed by atoms with E-state index in [1.165, 1.54) is 6.33 Å². The first-order valence-corrected chi connectivity index (χ1v) is 5.90. The number of nitrogens with zero attached hydrogens (tertiary/aromatic N) is 3. The molecule has 18 heavy (non-hydrogen) atoms. The van der Waals surface area contributed by atoms with E-state index < -0.39 is 0 Å². The minimum absolute atomic E-state index is 0.120. The number of hydrogen-bond donors (Lipinski definition) is 2. The van der Waals surface area contributed by atoms with Gasteiger partial charge >= 0.3 is 0 Å². The summed E-state index contributed by atoms with van der Waals surface area (Å²) in [6.45, 7) is 4.93. The molecule has 96 valence electrons. The number of hydrogen-bond acceptors (Lipinski definition) is 4. The monoisotopic (exact) mass is 246 g/mol. The molecule has 0 amide bonds. The summed E-state index contributed by atoms with van der Waals surface area (Å²) >= 11 is 0. The van der Waals surface area contributed by atoms with E-state index in [-0.39, 0.29) is 12.0 Å². The van der Waals surface area contributed by atoms with E-state index in [0.29, 0.717) is 0 Å². The van der Waals surface area contributed by atoms with E-state index >= 15 is 0 Å². The minimum Gasteiger partial charge on any atom is -0.396 e. The maximum Gasteiger partial charge on any atom is 0.138 e. The van der Waals surface area contributed by atoms with Crippen molar-refractivity contribution in [3.05, 3.63) is 36.9 Å². The zero-order valence-corrected chi connectivity index (χ0v) is 10.7. The highest BCUT2D eigenvalue weighted by Crippen LogP contribution is 2.17. The van der Waals surface area contributed by atoms with Gasteiger partial charge in [-0.2, -0.15) is 5.10 Å². The van der Waals surface area contributed by atoms with Crippen LogP contribution in [0.15, 0.2) is 36.9 Å². The van der Waals surface area contributed by atoms with Gasteiger partial charge in [0.1, 0.15) is 12.7 Å². The van der Waals surface area contributed by atoms with Gasteiger partial charge < -0.3 is 10.4 Å². The third kappa shape index (κ3) is 3.07. The summed E-state index contributed by atoms with van der Waals surface area (Å²) < 4.78 is 1.71. The Balaban J connectivity index is 2.00. The van der Waals surface area contributed by atoms with Crippen LogP contribution >= 0.6 is 0 Å². The lowest BCUT2D eigenvalue weighted by molar-refractivity contribution is 0.171. The molecule has 1 heterocycles. The Labute approximate surface area is 106 Å². The molecule has 0 saturated carbocycles. The molecular weight excluding hydrogens is 228 g/mol. The first-order chi connectivity index (χ1) is 8.61. The number of aliphatic hydroxyl groups excluding tert-OH is 1.